The average Bonchev–Trinajstić information content (AvgIpc) is 2.17. The maximum atomic E-state index is 11.7. The van der Waals surface area contributed by atoms with E-state index in [-0.39, 0.29) is 18.5 Å². The monoisotopic (exact) mass is 199 g/mol. The van der Waals surface area contributed by atoms with Crippen molar-refractivity contribution in [2.75, 3.05) is 20.1 Å². The van der Waals surface area contributed by atoms with Gasteiger partial charge in [0.15, 0.2) is 0 Å². The maximum absolute atomic E-state index is 11.7. The van der Waals surface area contributed by atoms with Gasteiger partial charge in [0.25, 0.3) is 0 Å². The number of nitrogens with zero attached hydrogens (tertiary/aromatic N) is 1. The van der Waals surface area contributed by atoms with Crippen molar-refractivity contribution >= 4 is 11.8 Å². The molecular formula is C9H17N3O2. The van der Waals surface area contributed by atoms with Gasteiger partial charge in [0.05, 0.1) is 12.6 Å². The maximum Gasteiger partial charge on any atom is 0.239 e. The molecule has 2 amide bonds. The second-order valence-corrected chi connectivity index (χ2v) is 3.66. The highest BCUT2D eigenvalue weighted by molar-refractivity contribution is 5.86. The normalized spacial score (nSPS) is 21.6. The number of carbonyl (C=O) groups excluding carboxylic acids is 2. The van der Waals surface area contributed by atoms with Crippen LogP contribution in [-0.4, -0.2) is 42.9 Å². The zero-order chi connectivity index (χ0) is 10.6. The Morgan fingerprint density at radius 2 is 2.21 bits per heavy atom. The zero-order valence-corrected chi connectivity index (χ0v) is 8.45. The largest absolute Gasteiger partial charge is 0.368 e. The zero-order valence-electron chi connectivity index (χ0n) is 8.45. The van der Waals surface area contributed by atoms with Gasteiger partial charge in [-0.1, -0.05) is 6.42 Å². The fourth-order valence-corrected chi connectivity index (χ4v) is 1.64. The predicted octanol–water partition coefficient (Wildman–Crippen LogP) is -0.928. The van der Waals surface area contributed by atoms with Crippen LogP contribution >= 0.6 is 0 Å². The fraction of sp³-hybridized carbons (Fsp3) is 0.778. The number of hydrogen-bond donors (Lipinski definition) is 2. The van der Waals surface area contributed by atoms with Gasteiger partial charge in [0.1, 0.15) is 0 Å². The summed E-state index contributed by atoms with van der Waals surface area (Å²) in [4.78, 5) is 23.7. The van der Waals surface area contributed by atoms with Gasteiger partial charge in [-0.05, 0) is 19.4 Å². The van der Waals surface area contributed by atoms with Crippen molar-refractivity contribution in [3.63, 3.8) is 0 Å². The van der Waals surface area contributed by atoms with E-state index >= 15 is 0 Å². The molecule has 0 aromatic carbocycles. The van der Waals surface area contributed by atoms with E-state index < -0.39 is 5.91 Å². The first-order chi connectivity index (χ1) is 6.61. The Kier molecular flexibility index (Phi) is 3.88. The van der Waals surface area contributed by atoms with Crippen LogP contribution in [0.2, 0.25) is 0 Å². The molecule has 0 saturated carbocycles. The van der Waals surface area contributed by atoms with E-state index in [0.717, 1.165) is 25.8 Å². The van der Waals surface area contributed by atoms with Gasteiger partial charge in [0.2, 0.25) is 11.8 Å². The molecule has 1 atom stereocenters. The molecular weight excluding hydrogens is 182 g/mol. The number of primary amides is 1. The molecule has 0 spiro atoms. The number of piperidine rings is 1. The molecule has 0 aromatic heterocycles. The molecule has 0 aliphatic carbocycles. The molecule has 1 heterocycles. The summed E-state index contributed by atoms with van der Waals surface area (Å²) in [6.45, 7) is 0.873. The molecule has 1 aliphatic heterocycles. The van der Waals surface area contributed by atoms with Gasteiger partial charge >= 0.3 is 0 Å². The molecule has 80 valence electrons. The number of nitrogens with one attached hydrogen (secondary N) is 1. The average molecular weight is 199 g/mol. The summed E-state index contributed by atoms with van der Waals surface area (Å²) < 4.78 is 0. The Labute approximate surface area is 83.6 Å². The van der Waals surface area contributed by atoms with Crippen molar-refractivity contribution in [3.8, 4) is 0 Å². The van der Waals surface area contributed by atoms with Gasteiger partial charge < -0.3 is 16.0 Å². The van der Waals surface area contributed by atoms with Crippen LogP contribution in [0, 0.1) is 0 Å². The van der Waals surface area contributed by atoms with Gasteiger partial charge in [-0.2, -0.15) is 0 Å². The van der Waals surface area contributed by atoms with Gasteiger partial charge in [0, 0.05) is 7.05 Å². The van der Waals surface area contributed by atoms with Crippen molar-refractivity contribution in [1.29, 1.82) is 0 Å². The van der Waals surface area contributed by atoms with E-state index in [1.807, 2.05) is 0 Å². The van der Waals surface area contributed by atoms with Crippen molar-refractivity contribution in [1.82, 2.24) is 10.2 Å². The Morgan fingerprint density at radius 3 is 2.71 bits per heavy atom. The second-order valence-electron chi connectivity index (χ2n) is 3.66. The SMILES string of the molecule is CN(CC(N)=O)C(=O)C1CCCCN1. The van der Waals surface area contributed by atoms with Crippen molar-refractivity contribution in [2.45, 2.75) is 25.3 Å². The molecule has 5 heteroatoms. The highest BCUT2D eigenvalue weighted by Crippen LogP contribution is 2.08. The van der Waals surface area contributed by atoms with Crippen molar-refractivity contribution in [3.05, 3.63) is 0 Å². The van der Waals surface area contributed by atoms with Gasteiger partial charge in [-0.15, -0.1) is 0 Å². The Hall–Kier alpha value is -1.10. The summed E-state index contributed by atoms with van der Waals surface area (Å²) in [6, 6.07) is -0.131. The van der Waals surface area contributed by atoms with Crippen LogP contribution in [0.4, 0.5) is 0 Å². The van der Waals surface area contributed by atoms with Gasteiger partial charge in [-0.3, -0.25) is 9.59 Å². The summed E-state index contributed by atoms with van der Waals surface area (Å²) in [5.41, 5.74) is 5.01. The smallest absolute Gasteiger partial charge is 0.239 e. The molecule has 1 saturated heterocycles. The quantitative estimate of drug-likeness (QED) is 0.616. The number of nitrogens with two attached hydrogens (primary N) is 1. The van der Waals surface area contributed by atoms with E-state index in [1.54, 1.807) is 7.05 Å². The van der Waals surface area contributed by atoms with Crippen LogP contribution in [0.25, 0.3) is 0 Å². The first kappa shape index (κ1) is 11.0. The Morgan fingerprint density at radius 1 is 1.50 bits per heavy atom. The molecule has 1 rings (SSSR count). The van der Waals surface area contributed by atoms with E-state index in [0.29, 0.717) is 0 Å². The van der Waals surface area contributed by atoms with Crippen molar-refractivity contribution < 1.29 is 9.59 Å². The summed E-state index contributed by atoms with van der Waals surface area (Å²) in [6.07, 6.45) is 3.03. The summed E-state index contributed by atoms with van der Waals surface area (Å²) in [7, 11) is 1.60. The molecule has 1 aliphatic rings. The third-order valence-corrected chi connectivity index (χ3v) is 2.38. The first-order valence-electron chi connectivity index (χ1n) is 4.88. The van der Waals surface area contributed by atoms with E-state index in [9.17, 15) is 9.59 Å². The molecule has 0 radical (unpaired) electrons. The lowest BCUT2D eigenvalue weighted by atomic mass is 10.0. The summed E-state index contributed by atoms with van der Waals surface area (Å²) in [5.74, 6) is -0.514. The van der Waals surface area contributed by atoms with Crippen LogP contribution in [0.5, 0.6) is 0 Å². The topological polar surface area (TPSA) is 75.4 Å². The molecule has 1 fully saturated rings. The minimum atomic E-state index is -0.475. The minimum Gasteiger partial charge on any atom is -0.368 e. The van der Waals surface area contributed by atoms with Crippen LogP contribution < -0.4 is 11.1 Å². The lowest BCUT2D eigenvalue weighted by Crippen LogP contribution is -2.49. The molecule has 0 bridgehead atoms. The predicted molar refractivity (Wildman–Crippen MR) is 52.5 cm³/mol. The fourth-order valence-electron chi connectivity index (χ4n) is 1.64. The Balaban J connectivity index is 2.42. The minimum absolute atomic E-state index is 0.00296. The lowest BCUT2D eigenvalue weighted by Gasteiger charge is -2.26. The third-order valence-electron chi connectivity index (χ3n) is 2.38. The number of carbonyl (C=O) groups is 2. The van der Waals surface area contributed by atoms with E-state index in [1.165, 1.54) is 4.90 Å². The van der Waals surface area contributed by atoms with Crippen LogP contribution in [0.3, 0.4) is 0 Å². The van der Waals surface area contributed by atoms with E-state index in [2.05, 4.69) is 5.32 Å². The van der Waals surface area contributed by atoms with Crippen LogP contribution in [0.1, 0.15) is 19.3 Å². The molecule has 3 N–H and O–H groups in total. The molecule has 1 unspecified atom stereocenters. The number of rotatable bonds is 3. The van der Waals surface area contributed by atoms with Crippen LogP contribution in [0.15, 0.2) is 0 Å². The summed E-state index contributed by atoms with van der Waals surface area (Å²) in [5, 5.41) is 3.13. The number of likely N-dealkylation sites (N-methyl/N-ethyl adjacent to an activating group) is 1. The van der Waals surface area contributed by atoms with Crippen molar-refractivity contribution in [2.24, 2.45) is 5.73 Å². The number of amides is 2. The van der Waals surface area contributed by atoms with Crippen LogP contribution in [-0.2, 0) is 9.59 Å². The molecule has 0 aromatic rings. The van der Waals surface area contributed by atoms with Gasteiger partial charge in [-0.25, -0.2) is 0 Å². The highest BCUT2D eigenvalue weighted by Gasteiger charge is 2.23. The Bertz CT molecular complexity index is 224. The standard InChI is InChI=1S/C9H17N3O2/c1-12(6-8(10)13)9(14)7-4-2-3-5-11-7/h7,11H,2-6H2,1H3,(H2,10,13). The van der Waals surface area contributed by atoms with E-state index in [4.69, 9.17) is 5.73 Å². The number of hydrogen-bond acceptors (Lipinski definition) is 3. The summed E-state index contributed by atoms with van der Waals surface area (Å²) >= 11 is 0. The molecule has 14 heavy (non-hydrogen) atoms. The molecule has 5 nitrogen and oxygen atoms in total. The second kappa shape index (κ2) is 4.95. The highest BCUT2D eigenvalue weighted by atomic mass is 16.2. The first-order valence-corrected chi connectivity index (χ1v) is 4.88. The third kappa shape index (κ3) is 2.99. The lowest BCUT2D eigenvalue weighted by molar-refractivity contribution is -0.136.